The number of ether oxygens (including phenoxy) is 1. The highest BCUT2D eigenvalue weighted by molar-refractivity contribution is 6.03. The van der Waals surface area contributed by atoms with Crippen LogP contribution in [0.2, 0.25) is 0 Å². The lowest BCUT2D eigenvalue weighted by atomic mass is 10.0. The molecule has 1 unspecified atom stereocenters. The molecular weight excluding hydrogens is 405 g/mol. The summed E-state index contributed by atoms with van der Waals surface area (Å²) in [4.78, 5) is 25.9. The average molecular weight is 426 g/mol. The Morgan fingerprint density at radius 2 is 2.10 bits per heavy atom. The first kappa shape index (κ1) is 20.3. The molecule has 4 N–H and O–H groups in total. The summed E-state index contributed by atoms with van der Waals surface area (Å²) in [7, 11) is 0. The molecule has 0 spiro atoms. The molecule has 1 atom stereocenters. The van der Waals surface area contributed by atoms with Crippen molar-refractivity contribution in [1.82, 2.24) is 9.88 Å². The van der Waals surface area contributed by atoms with Crippen molar-refractivity contribution >= 4 is 28.2 Å². The van der Waals surface area contributed by atoms with Gasteiger partial charge in [0.15, 0.2) is 11.6 Å². The summed E-state index contributed by atoms with van der Waals surface area (Å²) >= 11 is 0. The highest BCUT2D eigenvalue weighted by Crippen LogP contribution is 2.46. The number of alkyl halides is 2. The van der Waals surface area contributed by atoms with Crippen LogP contribution >= 0.6 is 0 Å². The Kier molecular flexibility index (Phi) is 5.00. The predicted octanol–water partition coefficient (Wildman–Crippen LogP) is 2.16. The fraction of sp³-hybridized carbons (Fsp3) is 0.474. The van der Waals surface area contributed by atoms with Gasteiger partial charge in [0.2, 0.25) is 5.43 Å². The zero-order valence-electron chi connectivity index (χ0n) is 16.1. The molecule has 2 heterocycles. The van der Waals surface area contributed by atoms with Crippen LogP contribution < -0.4 is 26.1 Å². The van der Waals surface area contributed by atoms with Crippen molar-refractivity contribution in [2.75, 3.05) is 30.3 Å². The minimum absolute atomic E-state index is 0.0468. The number of nitrogens with two attached hydrogens (primary N) is 1. The Hall–Kier alpha value is -2.95. The number of anilines is 2. The summed E-state index contributed by atoms with van der Waals surface area (Å²) in [6.45, 7) is -0.312. The summed E-state index contributed by atoms with van der Waals surface area (Å²) in [5.41, 5.74) is 3.39. The maximum absolute atomic E-state index is 15.4. The van der Waals surface area contributed by atoms with Crippen LogP contribution in [0.4, 0.5) is 24.5 Å². The molecule has 30 heavy (non-hydrogen) atoms. The molecule has 1 aromatic carbocycles. The predicted molar refractivity (Wildman–Crippen MR) is 104 cm³/mol. The third-order valence-corrected chi connectivity index (χ3v) is 5.44. The minimum atomic E-state index is -3.28. The van der Waals surface area contributed by atoms with Gasteiger partial charge in [-0.3, -0.25) is 4.79 Å². The molecule has 1 saturated carbocycles. The van der Waals surface area contributed by atoms with Gasteiger partial charge in [-0.2, -0.15) is 8.78 Å². The Bertz CT molecular complexity index is 1080. The summed E-state index contributed by atoms with van der Waals surface area (Å²) < 4.78 is 48.3. The second kappa shape index (κ2) is 7.38. The quantitative estimate of drug-likeness (QED) is 0.629. The zero-order chi connectivity index (χ0) is 21.7. The van der Waals surface area contributed by atoms with E-state index in [1.807, 2.05) is 6.92 Å². The SMILES string of the molecule is CC1CN(c2c(F)c(N)c3c(=O)c(C(=O)O)cn(C4CC4)c3c2OC(F)F)CCN1. The van der Waals surface area contributed by atoms with E-state index in [-0.39, 0.29) is 23.3 Å². The standard InChI is InChI=1S/C19H21F3N4O4/c1-8-6-25(5-4-24-8)15-12(20)13(23)11-14(17(15)30-19(21)22)26(9-2-3-9)7-10(16(11)27)18(28)29/h7-9,19,24H,2-6,23H2,1H3,(H,28,29). The lowest BCUT2D eigenvalue weighted by Gasteiger charge is -2.35. The average Bonchev–Trinajstić information content (AvgIpc) is 3.50. The molecule has 0 radical (unpaired) electrons. The second-order valence-electron chi connectivity index (χ2n) is 7.62. The van der Waals surface area contributed by atoms with Crippen LogP contribution in [-0.4, -0.2) is 47.9 Å². The monoisotopic (exact) mass is 426 g/mol. The van der Waals surface area contributed by atoms with Gasteiger partial charge < -0.3 is 30.4 Å². The van der Waals surface area contributed by atoms with Gasteiger partial charge in [0.25, 0.3) is 0 Å². The van der Waals surface area contributed by atoms with E-state index in [0.717, 1.165) is 6.20 Å². The van der Waals surface area contributed by atoms with Crippen molar-refractivity contribution < 1.29 is 27.8 Å². The summed E-state index contributed by atoms with van der Waals surface area (Å²) in [6, 6.07) is -0.264. The molecule has 1 aliphatic carbocycles. The zero-order valence-corrected chi connectivity index (χ0v) is 16.1. The highest BCUT2D eigenvalue weighted by atomic mass is 19.3. The molecule has 1 aromatic heterocycles. The number of rotatable bonds is 5. The molecule has 0 amide bonds. The van der Waals surface area contributed by atoms with Crippen LogP contribution in [-0.2, 0) is 0 Å². The number of aromatic carboxylic acids is 1. The Labute approximate surface area is 169 Å². The summed E-state index contributed by atoms with van der Waals surface area (Å²) in [6.07, 6.45) is 2.41. The van der Waals surface area contributed by atoms with E-state index in [9.17, 15) is 23.5 Å². The molecule has 1 saturated heterocycles. The molecule has 8 nitrogen and oxygen atoms in total. The first-order chi connectivity index (χ1) is 14.2. The first-order valence-electron chi connectivity index (χ1n) is 9.56. The first-order valence-corrected chi connectivity index (χ1v) is 9.56. The molecular formula is C19H21F3N4O4. The number of aromatic nitrogens is 1. The molecule has 162 valence electrons. The van der Waals surface area contributed by atoms with Crippen molar-refractivity contribution in [3.8, 4) is 5.75 Å². The number of nitrogens with one attached hydrogen (secondary N) is 1. The minimum Gasteiger partial charge on any atom is -0.477 e. The van der Waals surface area contributed by atoms with Crippen LogP contribution in [0.15, 0.2) is 11.0 Å². The van der Waals surface area contributed by atoms with E-state index in [4.69, 9.17) is 10.5 Å². The lowest BCUT2D eigenvalue weighted by molar-refractivity contribution is -0.0488. The second-order valence-corrected chi connectivity index (χ2v) is 7.62. The Morgan fingerprint density at radius 3 is 2.67 bits per heavy atom. The number of nitrogens with zero attached hydrogens (tertiary/aromatic N) is 2. The number of carboxylic acids is 1. The molecule has 4 rings (SSSR count). The fourth-order valence-corrected chi connectivity index (χ4v) is 3.97. The number of fused-ring (bicyclic) bond motifs is 1. The molecule has 2 fully saturated rings. The van der Waals surface area contributed by atoms with Crippen molar-refractivity contribution in [3.05, 3.63) is 27.8 Å². The largest absolute Gasteiger partial charge is 0.477 e. The van der Waals surface area contributed by atoms with Gasteiger partial charge in [0, 0.05) is 37.9 Å². The van der Waals surface area contributed by atoms with Crippen molar-refractivity contribution in [2.24, 2.45) is 0 Å². The molecule has 2 aromatic rings. The number of piperazine rings is 1. The summed E-state index contributed by atoms with van der Waals surface area (Å²) in [5.74, 6) is -3.08. The number of carboxylic acid groups (broad SMARTS) is 1. The third-order valence-electron chi connectivity index (χ3n) is 5.44. The van der Waals surface area contributed by atoms with Gasteiger partial charge in [-0.25, -0.2) is 9.18 Å². The smallest absolute Gasteiger partial charge is 0.387 e. The fourth-order valence-electron chi connectivity index (χ4n) is 3.97. The maximum Gasteiger partial charge on any atom is 0.387 e. The number of carbonyl (C=O) groups is 1. The van der Waals surface area contributed by atoms with E-state index in [2.05, 4.69) is 5.32 Å². The number of pyridine rings is 1. The van der Waals surface area contributed by atoms with E-state index in [0.29, 0.717) is 32.5 Å². The maximum atomic E-state index is 15.4. The van der Waals surface area contributed by atoms with Gasteiger partial charge >= 0.3 is 12.6 Å². The number of benzene rings is 1. The van der Waals surface area contributed by atoms with E-state index in [1.54, 1.807) is 4.90 Å². The number of halogens is 3. The van der Waals surface area contributed by atoms with Crippen LogP contribution in [0.25, 0.3) is 10.9 Å². The van der Waals surface area contributed by atoms with E-state index in [1.165, 1.54) is 4.57 Å². The van der Waals surface area contributed by atoms with Crippen molar-refractivity contribution in [1.29, 1.82) is 0 Å². The van der Waals surface area contributed by atoms with E-state index >= 15 is 4.39 Å². The Morgan fingerprint density at radius 1 is 1.40 bits per heavy atom. The van der Waals surface area contributed by atoms with Crippen LogP contribution in [0.1, 0.15) is 36.2 Å². The number of hydrogen-bond donors (Lipinski definition) is 3. The number of nitrogen functional groups attached to an aromatic ring is 1. The molecule has 11 heteroatoms. The Balaban J connectivity index is 2.11. The molecule has 2 aliphatic rings. The van der Waals surface area contributed by atoms with Gasteiger partial charge in [0.1, 0.15) is 11.3 Å². The topological polar surface area (TPSA) is 110 Å². The number of hydrogen-bond acceptors (Lipinski definition) is 6. The molecule has 1 aliphatic heterocycles. The van der Waals surface area contributed by atoms with Crippen molar-refractivity contribution in [3.63, 3.8) is 0 Å². The van der Waals surface area contributed by atoms with Gasteiger partial charge in [-0.15, -0.1) is 0 Å². The van der Waals surface area contributed by atoms with Crippen LogP contribution in [0.5, 0.6) is 5.75 Å². The van der Waals surface area contributed by atoms with Crippen molar-refractivity contribution in [2.45, 2.75) is 38.5 Å². The van der Waals surface area contributed by atoms with Gasteiger partial charge in [-0.05, 0) is 19.8 Å². The van der Waals surface area contributed by atoms with Crippen LogP contribution in [0, 0.1) is 5.82 Å². The van der Waals surface area contributed by atoms with Gasteiger partial charge in [-0.1, -0.05) is 0 Å². The van der Waals surface area contributed by atoms with E-state index < -0.39 is 46.2 Å². The third kappa shape index (κ3) is 3.32. The summed E-state index contributed by atoms with van der Waals surface area (Å²) in [5, 5.41) is 12.1. The van der Waals surface area contributed by atoms with Crippen LogP contribution in [0.3, 0.4) is 0 Å². The van der Waals surface area contributed by atoms with Gasteiger partial charge in [0.05, 0.1) is 16.6 Å². The molecule has 0 bridgehead atoms. The lowest BCUT2D eigenvalue weighted by Crippen LogP contribution is -2.49. The highest BCUT2D eigenvalue weighted by Gasteiger charge is 2.35. The normalized spacial score (nSPS) is 19.5.